The molecule has 3 atom stereocenters. The van der Waals surface area contributed by atoms with Crippen molar-refractivity contribution in [1.29, 1.82) is 0 Å². The number of hydrogen-bond acceptors (Lipinski definition) is 2. The molecular formula is C10H14N2O. The lowest BCUT2D eigenvalue weighted by Crippen LogP contribution is -2.39. The molecule has 1 aliphatic heterocycles. The van der Waals surface area contributed by atoms with Gasteiger partial charge in [0.05, 0.1) is 0 Å². The molecule has 3 nitrogen and oxygen atoms in total. The largest absolute Gasteiger partial charge is 0.273 e. The Hall–Kier alpha value is -0.860. The molecule has 2 aliphatic carbocycles. The first kappa shape index (κ1) is 7.54. The van der Waals surface area contributed by atoms with Crippen LogP contribution >= 0.6 is 0 Å². The molecule has 0 aromatic carbocycles. The second-order valence-electron chi connectivity index (χ2n) is 4.91. The highest BCUT2D eigenvalue weighted by Gasteiger charge is 2.54. The van der Waals surface area contributed by atoms with Crippen LogP contribution in [0.1, 0.15) is 32.6 Å². The standard InChI is InChI=1S/C10H14N2O/c1-10-3-2-6(5-10)7-4-8(13)11-12-9(7)10/h6-7H,2-5H2,1H3,(H,11,13)/t6-,7?,10+/m1/s1. The van der Waals surface area contributed by atoms with Crippen LogP contribution in [0.5, 0.6) is 0 Å². The Kier molecular flexibility index (Phi) is 1.24. The van der Waals surface area contributed by atoms with E-state index >= 15 is 0 Å². The van der Waals surface area contributed by atoms with Gasteiger partial charge < -0.3 is 0 Å². The van der Waals surface area contributed by atoms with Gasteiger partial charge in [0.2, 0.25) is 5.91 Å². The average Bonchev–Trinajstić information content (AvgIpc) is 2.58. The Morgan fingerprint density at radius 2 is 2.46 bits per heavy atom. The van der Waals surface area contributed by atoms with E-state index < -0.39 is 0 Å². The van der Waals surface area contributed by atoms with Crippen LogP contribution in [0.3, 0.4) is 0 Å². The van der Waals surface area contributed by atoms with Crippen molar-refractivity contribution in [3.63, 3.8) is 0 Å². The lowest BCUT2D eigenvalue weighted by molar-refractivity contribution is -0.122. The molecule has 0 spiro atoms. The zero-order valence-electron chi connectivity index (χ0n) is 7.84. The summed E-state index contributed by atoms with van der Waals surface area (Å²) in [5.74, 6) is 1.33. The molecule has 0 saturated heterocycles. The Morgan fingerprint density at radius 1 is 1.62 bits per heavy atom. The number of fused-ring (bicyclic) bond motifs is 5. The number of hydrogen-bond donors (Lipinski definition) is 1. The van der Waals surface area contributed by atoms with Crippen LogP contribution in [0.4, 0.5) is 0 Å². The summed E-state index contributed by atoms with van der Waals surface area (Å²) in [7, 11) is 0. The summed E-state index contributed by atoms with van der Waals surface area (Å²) in [6.07, 6.45) is 4.50. The Balaban J connectivity index is 2.03. The van der Waals surface area contributed by atoms with E-state index in [-0.39, 0.29) is 5.91 Å². The molecule has 1 unspecified atom stereocenters. The maximum absolute atomic E-state index is 11.2. The number of nitrogens with zero attached hydrogens (tertiary/aromatic N) is 1. The van der Waals surface area contributed by atoms with Crippen LogP contribution in [0.15, 0.2) is 5.10 Å². The predicted molar refractivity (Wildman–Crippen MR) is 49.1 cm³/mol. The summed E-state index contributed by atoms with van der Waals surface area (Å²) in [6.45, 7) is 2.29. The van der Waals surface area contributed by atoms with Crippen molar-refractivity contribution < 1.29 is 4.79 Å². The number of carbonyl (C=O) groups is 1. The van der Waals surface area contributed by atoms with Gasteiger partial charge in [0.25, 0.3) is 0 Å². The molecule has 3 heteroatoms. The van der Waals surface area contributed by atoms with Crippen molar-refractivity contribution in [3.8, 4) is 0 Å². The third-order valence-corrected chi connectivity index (χ3v) is 4.02. The molecule has 3 aliphatic rings. The van der Waals surface area contributed by atoms with Crippen LogP contribution in [0, 0.1) is 17.3 Å². The van der Waals surface area contributed by atoms with Crippen LogP contribution in [0.25, 0.3) is 0 Å². The number of amides is 1. The van der Waals surface area contributed by atoms with E-state index in [1.54, 1.807) is 0 Å². The summed E-state index contributed by atoms with van der Waals surface area (Å²) in [4.78, 5) is 11.2. The zero-order chi connectivity index (χ0) is 9.05. The minimum atomic E-state index is 0.102. The van der Waals surface area contributed by atoms with Crippen molar-refractivity contribution >= 4 is 11.6 Å². The first-order valence-electron chi connectivity index (χ1n) is 5.06. The van der Waals surface area contributed by atoms with Crippen LogP contribution in [-0.4, -0.2) is 11.6 Å². The van der Waals surface area contributed by atoms with Crippen LogP contribution in [-0.2, 0) is 4.79 Å². The first-order chi connectivity index (χ1) is 6.19. The molecule has 0 aromatic heterocycles. The van der Waals surface area contributed by atoms with Crippen molar-refractivity contribution in [3.05, 3.63) is 0 Å². The van der Waals surface area contributed by atoms with E-state index in [0.29, 0.717) is 17.8 Å². The Bertz CT molecular complexity index is 310. The quantitative estimate of drug-likeness (QED) is 0.596. The highest BCUT2D eigenvalue weighted by Crippen LogP contribution is 2.56. The second kappa shape index (κ2) is 2.14. The molecule has 0 aromatic rings. The van der Waals surface area contributed by atoms with Crippen LogP contribution in [0.2, 0.25) is 0 Å². The summed E-state index contributed by atoms with van der Waals surface area (Å²) < 4.78 is 0. The zero-order valence-corrected chi connectivity index (χ0v) is 7.84. The number of carbonyl (C=O) groups excluding carboxylic acids is 1. The monoisotopic (exact) mass is 178 g/mol. The molecule has 1 amide bonds. The Labute approximate surface area is 77.6 Å². The highest BCUT2D eigenvalue weighted by molar-refractivity contribution is 6.00. The van der Waals surface area contributed by atoms with Gasteiger partial charge in [-0.05, 0) is 25.2 Å². The fraction of sp³-hybridized carbons (Fsp3) is 0.800. The van der Waals surface area contributed by atoms with E-state index in [1.807, 2.05) is 0 Å². The normalized spacial score (nSPS) is 47.2. The maximum atomic E-state index is 11.2. The smallest absolute Gasteiger partial charge is 0.240 e. The molecule has 2 fully saturated rings. The third-order valence-electron chi connectivity index (χ3n) is 4.02. The van der Waals surface area contributed by atoms with Gasteiger partial charge in [0.1, 0.15) is 0 Å². The third kappa shape index (κ3) is 0.847. The van der Waals surface area contributed by atoms with E-state index in [0.717, 1.165) is 5.92 Å². The summed E-state index contributed by atoms with van der Waals surface area (Å²) >= 11 is 0. The molecule has 1 N–H and O–H groups in total. The molecule has 70 valence electrons. The van der Waals surface area contributed by atoms with E-state index in [2.05, 4.69) is 17.5 Å². The Morgan fingerprint density at radius 3 is 3.31 bits per heavy atom. The van der Waals surface area contributed by atoms with Gasteiger partial charge in [-0.15, -0.1) is 0 Å². The summed E-state index contributed by atoms with van der Waals surface area (Å²) in [6, 6.07) is 0. The van der Waals surface area contributed by atoms with Gasteiger partial charge in [-0.25, -0.2) is 5.43 Å². The lowest BCUT2D eigenvalue weighted by atomic mass is 9.77. The minimum absolute atomic E-state index is 0.102. The van der Waals surface area contributed by atoms with Gasteiger partial charge in [-0.1, -0.05) is 6.92 Å². The maximum Gasteiger partial charge on any atom is 0.240 e. The predicted octanol–water partition coefficient (Wildman–Crippen LogP) is 1.30. The molecule has 2 saturated carbocycles. The number of hydrazone groups is 1. The summed E-state index contributed by atoms with van der Waals surface area (Å²) in [5, 5.41) is 4.24. The SMILES string of the molecule is C[C@]12CC[C@H](C1)C1CC(=O)NN=C12. The summed E-state index contributed by atoms with van der Waals surface area (Å²) in [5.41, 5.74) is 4.22. The average molecular weight is 178 g/mol. The van der Waals surface area contributed by atoms with Crippen molar-refractivity contribution in [2.45, 2.75) is 32.6 Å². The topological polar surface area (TPSA) is 41.5 Å². The second-order valence-corrected chi connectivity index (χ2v) is 4.91. The van der Waals surface area contributed by atoms with Crippen molar-refractivity contribution in [2.24, 2.45) is 22.4 Å². The fourth-order valence-electron chi connectivity index (χ4n) is 3.38. The van der Waals surface area contributed by atoms with Gasteiger partial charge in [-0.2, -0.15) is 5.10 Å². The first-order valence-corrected chi connectivity index (χ1v) is 5.06. The molecule has 3 rings (SSSR count). The molecule has 0 radical (unpaired) electrons. The van der Waals surface area contributed by atoms with Crippen molar-refractivity contribution in [1.82, 2.24) is 5.43 Å². The van der Waals surface area contributed by atoms with E-state index in [4.69, 9.17) is 0 Å². The number of nitrogens with one attached hydrogen (secondary N) is 1. The molecule has 2 bridgehead atoms. The van der Waals surface area contributed by atoms with Gasteiger partial charge in [0.15, 0.2) is 0 Å². The van der Waals surface area contributed by atoms with E-state index in [1.165, 1.54) is 25.0 Å². The van der Waals surface area contributed by atoms with Gasteiger partial charge >= 0.3 is 0 Å². The van der Waals surface area contributed by atoms with Gasteiger partial charge in [0, 0.05) is 23.5 Å². The fourth-order valence-corrected chi connectivity index (χ4v) is 3.38. The van der Waals surface area contributed by atoms with Gasteiger partial charge in [-0.3, -0.25) is 4.79 Å². The van der Waals surface area contributed by atoms with Crippen molar-refractivity contribution in [2.75, 3.05) is 0 Å². The molecule has 13 heavy (non-hydrogen) atoms. The number of rotatable bonds is 0. The molecule has 1 heterocycles. The van der Waals surface area contributed by atoms with E-state index in [9.17, 15) is 4.79 Å². The van der Waals surface area contributed by atoms with Crippen LogP contribution < -0.4 is 5.43 Å². The molecular weight excluding hydrogens is 164 g/mol. The highest BCUT2D eigenvalue weighted by atomic mass is 16.2. The minimum Gasteiger partial charge on any atom is -0.273 e. The lowest BCUT2D eigenvalue weighted by Gasteiger charge is -2.31.